The van der Waals surface area contributed by atoms with Crippen LogP contribution in [0.15, 0.2) is 65.6 Å². The molecule has 0 fully saturated rings. The molecule has 0 spiro atoms. The van der Waals surface area contributed by atoms with Crippen molar-refractivity contribution in [2.24, 2.45) is 0 Å². The van der Waals surface area contributed by atoms with Crippen LogP contribution < -0.4 is 4.74 Å². The highest BCUT2D eigenvalue weighted by atomic mass is 32.2. The summed E-state index contributed by atoms with van der Waals surface area (Å²) in [4.78, 5) is 0.110. The fourth-order valence-corrected chi connectivity index (χ4v) is 2.53. The molecule has 0 aliphatic rings. The summed E-state index contributed by atoms with van der Waals surface area (Å²) in [6.45, 7) is 1.54. The van der Waals surface area contributed by atoms with Gasteiger partial charge >= 0.3 is 0 Å². The fourth-order valence-electron chi connectivity index (χ4n) is 1.53. The Labute approximate surface area is 112 Å². The molecule has 0 aliphatic carbocycles. The van der Waals surface area contributed by atoms with E-state index in [1.54, 1.807) is 42.5 Å². The minimum absolute atomic E-state index is 0.110. The van der Waals surface area contributed by atoms with Crippen molar-refractivity contribution in [3.63, 3.8) is 0 Å². The highest BCUT2D eigenvalue weighted by Crippen LogP contribution is 2.16. The molecule has 100 valence electrons. The van der Waals surface area contributed by atoms with Gasteiger partial charge in [-0.05, 0) is 31.2 Å². The first-order valence-corrected chi connectivity index (χ1v) is 7.19. The third-order valence-corrected chi connectivity index (χ3v) is 3.71. The van der Waals surface area contributed by atoms with Crippen LogP contribution in [0.5, 0.6) is 5.75 Å². The Hall–Kier alpha value is -1.85. The number of rotatable bonds is 5. The van der Waals surface area contributed by atoms with Crippen molar-refractivity contribution in [2.45, 2.75) is 18.1 Å². The molecule has 2 aromatic rings. The first kappa shape index (κ1) is 13.6. The first-order chi connectivity index (χ1) is 9.08. The minimum Gasteiger partial charge on any atom is -0.464 e. The SMILES string of the molecule is CC(Oc1ccccc1)OS(=O)(=O)c1ccccc1. The number of hydrogen-bond donors (Lipinski definition) is 0. The molecule has 0 bridgehead atoms. The predicted molar refractivity (Wildman–Crippen MR) is 71.2 cm³/mol. The Morgan fingerprint density at radius 2 is 1.42 bits per heavy atom. The summed E-state index contributed by atoms with van der Waals surface area (Å²) in [5.41, 5.74) is 0. The van der Waals surface area contributed by atoms with Gasteiger partial charge in [-0.2, -0.15) is 8.42 Å². The highest BCUT2D eigenvalue weighted by molar-refractivity contribution is 7.86. The predicted octanol–water partition coefficient (Wildman–Crippen LogP) is 2.82. The van der Waals surface area contributed by atoms with E-state index < -0.39 is 16.4 Å². The van der Waals surface area contributed by atoms with Crippen LogP contribution >= 0.6 is 0 Å². The van der Waals surface area contributed by atoms with Crippen molar-refractivity contribution in [1.29, 1.82) is 0 Å². The largest absolute Gasteiger partial charge is 0.464 e. The molecule has 0 aliphatic heterocycles. The molecule has 0 saturated heterocycles. The molecule has 1 atom stereocenters. The van der Waals surface area contributed by atoms with Gasteiger partial charge in [-0.1, -0.05) is 36.4 Å². The van der Waals surface area contributed by atoms with Crippen LogP contribution in [0.1, 0.15) is 6.92 Å². The zero-order valence-electron chi connectivity index (χ0n) is 10.4. The standard InChI is InChI=1S/C14H14O4S/c1-12(17-13-8-4-2-5-9-13)18-19(15,16)14-10-6-3-7-11-14/h2-12H,1H3. The smallest absolute Gasteiger partial charge is 0.300 e. The summed E-state index contributed by atoms with van der Waals surface area (Å²) in [6, 6.07) is 16.9. The van der Waals surface area contributed by atoms with Crippen LogP contribution in [-0.4, -0.2) is 14.7 Å². The lowest BCUT2D eigenvalue weighted by Crippen LogP contribution is -2.21. The monoisotopic (exact) mass is 278 g/mol. The summed E-state index contributed by atoms with van der Waals surface area (Å²) in [7, 11) is -3.80. The number of para-hydroxylation sites is 1. The zero-order chi connectivity index (χ0) is 13.7. The summed E-state index contributed by atoms with van der Waals surface area (Å²) in [5, 5.41) is 0. The van der Waals surface area contributed by atoms with E-state index in [4.69, 9.17) is 8.92 Å². The van der Waals surface area contributed by atoms with E-state index in [1.807, 2.05) is 6.07 Å². The van der Waals surface area contributed by atoms with E-state index in [2.05, 4.69) is 0 Å². The van der Waals surface area contributed by atoms with Gasteiger partial charge in [0.25, 0.3) is 10.1 Å². The van der Waals surface area contributed by atoms with Gasteiger partial charge in [-0.3, -0.25) is 0 Å². The average Bonchev–Trinajstić information content (AvgIpc) is 2.40. The topological polar surface area (TPSA) is 52.6 Å². The second-order valence-electron chi connectivity index (χ2n) is 3.86. The molecule has 19 heavy (non-hydrogen) atoms. The maximum atomic E-state index is 11.9. The zero-order valence-corrected chi connectivity index (χ0v) is 11.2. The highest BCUT2D eigenvalue weighted by Gasteiger charge is 2.19. The molecule has 0 aromatic heterocycles. The van der Waals surface area contributed by atoms with E-state index >= 15 is 0 Å². The molecular formula is C14H14O4S. The van der Waals surface area contributed by atoms with Crippen molar-refractivity contribution in [2.75, 3.05) is 0 Å². The number of hydrogen-bond acceptors (Lipinski definition) is 4. The van der Waals surface area contributed by atoms with Crippen LogP contribution in [0.3, 0.4) is 0 Å². The molecule has 2 aromatic carbocycles. The lowest BCUT2D eigenvalue weighted by atomic mass is 10.3. The maximum absolute atomic E-state index is 11.9. The molecule has 4 nitrogen and oxygen atoms in total. The van der Waals surface area contributed by atoms with Gasteiger partial charge in [0, 0.05) is 0 Å². The second kappa shape index (κ2) is 5.86. The summed E-state index contributed by atoms with van der Waals surface area (Å²) in [6.07, 6.45) is -0.896. The average molecular weight is 278 g/mol. The number of ether oxygens (including phenoxy) is 1. The summed E-state index contributed by atoms with van der Waals surface area (Å²) >= 11 is 0. The normalized spacial score (nSPS) is 12.9. The van der Waals surface area contributed by atoms with Crippen LogP contribution in [0.2, 0.25) is 0 Å². The van der Waals surface area contributed by atoms with Gasteiger partial charge in [-0.15, -0.1) is 0 Å². The van der Waals surface area contributed by atoms with Crippen molar-refractivity contribution in [3.8, 4) is 5.75 Å². The van der Waals surface area contributed by atoms with Crippen molar-refractivity contribution < 1.29 is 17.3 Å². The van der Waals surface area contributed by atoms with E-state index in [-0.39, 0.29) is 4.90 Å². The molecule has 5 heteroatoms. The molecular weight excluding hydrogens is 264 g/mol. The van der Waals surface area contributed by atoms with Gasteiger partial charge in [0.15, 0.2) is 0 Å². The lowest BCUT2D eigenvalue weighted by molar-refractivity contribution is 0.0282. The van der Waals surface area contributed by atoms with E-state index in [0.717, 1.165) is 0 Å². The summed E-state index contributed by atoms with van der Waals surface area (Å²) < 4.78 is 34.2. The first-order valence-electron chi connectivity index (χ1n) is 5.78. The maximum Gasteiger partial charge on any atom is 0.300 e. The molecule has 0 saturated carbocycles. The van der Waals surface area contributed by atoms with Crippen molar-refractivity contribution >= 4 is 10.1 Å². The Morgan fingerprint density at radius 1 is 0.895 bits per heavy atom. The second-order valence-corrected chi connectivity index (χ2v) is 5.43. The Morgan fingerprint density at radius 3 is 2.00 bits per heavy atom. The summed E-state index contributed by atoms with van der Waals surface area (Å²) in [5.74, 6) is 0.554. The minimum atomic E-state index is -3.80. The number of benzene rings is 2. The third-order valence-electron chi connectivity index (χ3n) is 2.34. The van der Waals surface area contributed by atoms with E-state index in [9.17, 15) is 8.42 Å². The van der Waals surface area contributed by atoms with Gasteiger partial charge in [0.2, 0.25) is 6.29 Å². The molecule has 1 unspecified atom stereocenters. The Bertz CT molecular complexity index is 608. The molecule has 2 rings (SSSR count). The van der Waals surface area contributed by atoms with Crippen LogP contribution in [0.4, 0.5) is 0 Å². The van der Waals surface area contributed by atoms with Gasteiger partial charge in [-0.25, -0.2) is 4.18 Å². The van der Waals surface area contributed by atoms with Gasteiger partial charge in [0.1, 0.15) is 5.75 Å². The fraction of sp³-hybridized carbons (Fsp3) is 0.143. The molecule has 0 heterocycles. The van der Waals surface area contributed by atoms with Crippen LogP contribution in [0.25, 0.3) is 0 Å². The molecule has 0 amide bonds. The van der Waals surface area contributed by atoms with Crippen LogP contribution in [-0.2, 0) is 14.3 Å². The van der Waals surface area contributed by atoms with Crippen molar-refractivity contribution in [3.05, 3.63) is 60.7 Å². The third kappa shape index (κ3) is 3.81. The van der Waals surface area contributed by atoms with Crippen LogP contribution in [0, 0.1) is 0 Å². The van der Waals surface area contributed by atoms with Gasteiger partial charge in [0.05, 0.1) is 4.90 Å². The lowest BCUT2D eigenvalue weighted by Gasteiger charge is -2.15. The Kier molecular flexibility index (Phi) is 4.19. The molecule has 0 radical (unpaired) electrons. The van der Waals surface area contributed by atoms with Crippen molar-refractivity contribution in [1.82, 2.24) is 0 Å². The molecule has 0 N–H and O–H groups in total. The van der Waals surface area contributed by atoms with E-state index in [0.29, 0.717) is 5.75 Å². The van der Waals surface area contributed by atoms with E-state index in [1.165, 1.54) is 19.1 Å². The Balaban J connectivity index is 2.05. The van der Waals surface area contributed by atoms with Gasteiger partial charge < -0.3 is 4.74 Å². The quantitative estimate of drug-likeness (QED) is 0.623.